The summed E-state index contributed by atoms with van der Waals surface area (Å²) in [5, 5.41) is 15.5. The van der Waals surface area contributed by atoms with E-state index in [2.05, 4.69) is 10.2 Å². The summed E-state index contributed by atoms with van der Waals surface area (Å²) in [4.78, 5) is 9.91. The summed E-state index contributed by atoms with van der Waals surface area (Å²) in [7, 11) is 0. The van der Waals surface area contributed by atoms with Gasteiger partial charge in [-0.3, -0.25) is 5.73 Å². The van der Waals surface area contributed by atoms with Gasteiger partial charge >= 0.3 is 5.96 Å². The number of hydrazine groups is 1. The molecule has 1 aliphatic carbocycles. The molecule has 0 amide bonds. The Kier molecular flexibility index (Phi) is 3.18. The molecule has 0 bridgehead atoms. The second-order valence-corrected chi connectivity index (χ2v) is 2.78. The number of nitrogens with one attached hydrogen (secondary N) is 2. The average Bonchev–Trinajstić information content (AvgIpc) is 2.51. The van der Waals surface area contributed by atoms with E-state index in [0.29, 0.717) is 0 Å². The number of guanidine groups is 1. The first-order chi connectivity index (χ1) is 6.18. The Morgan fingerprint density at radius 1 is 1.62 bits per heavy atom. The molecule has 1 rings (SSSR count). The van der Waals surface area contributed by atoms with Crippen LogP contribution in [0.15, 0.2) is 5.10 Å². The quantitative estimate of drug-likeness (QED) is 0.202. The van der Waals surface area contributed by atoms with Crippen LogP contribution in [0.5, 0.6) is 0 Å². The van der Waals surface area contributed by atoms with Gasteiger partial charge in [-0.2, -0.15) is 5.10 Å². The van der Waals surface area contributed by atoms with Crippen LogP contribution in [0, 0.1) is 10.1 Å². The van der Waals surface area contributed by atoms with Crippen LogP contribution < -0.4 is 16.3 Å². The molecule has 0 spiro atoms. The van der Waals surface area contributed by atoms with Crippen molar-refractivity contribution in [3.05, 3.63) is 10.1 Å². The van der Waals surface area contributed by atoms with Gasteiger partial charge in [-0.25, -0.2) is 10.1 Å². The van der Waals surface area contributed by atoms with Crippen molar-refractivity contribution in [2.24, 2.45) is 10.8 Å². The van der Waals surface area contributed by atoms with Gasteiger partial charge in [0, 0.05) is 5.43 Å². The van der Waals surface area contributed by atoms with Crippen LogP contribution in [0.3, 0.4) is 0 Å². The SMILES string of the molecule is NC(N[N+](=O)[O-])=[NH+]N=C1CCCC1. The smallest absolute Gasteiger partial charge is 0.284 e. The van der Waals surface area contributed by atoms with E-state index >= 15 is 0 Å². The fraction of sp³-hybridized carbons (Fsp3) is 0.667. The summed E-state index contributed by atoms with van der Waals surface area (Å²) < 4.78 is 0. The molecule has 4 N–H and O–H groups in total. The molecule has 0 aromatic carbocycles. The maximum atomic E-state index is 9.91. The number of hydrazone groups is 1. The van der Waals surface area contributed by atoms with Gasteiger partial charge < -0.3 is 0 Å². The standard InChI is InChI=1S/C6H11N5O2/c7-6(10-11(12)13)9-8-5-3-1-2-4-5/h1-4H2,(H3,7,9,10)/p+1. The number of hydrogen-bond donors (Lipinski definition) is 3. The normalized spacial score (nSPS) is 17.2. The molecule has 7 nitrogen and oxygen atoms in total. The van der Waals surface area contributed by atoms with E-state index in [9.17, 15) is 10.1 Å². The Hall–Kier alpha value is -1.66. The monoisotopic (exact) mass is 186 g/mol. The summed E-state index contributed by atoms with van der Waals surface area (Å²) in [5.74, 6) is -0.163. The van der Waals surface area contributed by atoms with Gasteiger partial charge in [0.15, 0.2) is 0 Å². The Balaban J connectivity index is 2.45. The molecule has 0 aromatic heterocycles. The van der Waals surface area contributed by atoms with Gasteiger partial charge in [0.25, 0.3) is 0 Å². The Morgan fingerprint density at radius 3 is 2.77 bits per heavy atom. The van der Waals surface area contributed by atoms with Crippen molar-refractivity contribution in [2.45, 2.75) is 25.7 Å². The maximum Gasteiger partial charge on any atom is 0.427 e. The van der Waals surface area contributed by atoms with Gasteiger partial charge in [0.1, 0.15) is 0 Å². The fourth-order valence-electron chi connectivity index (χ4n) is 1.16. The van der Waals surface area contributed by atoms with Crippen molar-refractivity contribution < 1.29 is 10.1 Å². The van der Waals surface area contributed by atoms with E-state index in [1.807, 2.05) is 0 Å². The van der Waals surface area contributed by atoms with Crippen LogP contribution in [0.1, 0.15) is 25.7 Å². The topological polar surface area (TPSA) is 108 Å². The van der Waals surface area contributed by atoms with Gasteiger partial charge in [-0.05, 0) is 25.7 Å². The first kappa shape index (κ1) is 9.43. The molecule has 7 heteroatoms. The lowest BCUT2D eigenvalue weighted by molar-refractivity contribution is -0.548. The molecule has 0 radical (unpaired) electrons. The van der Waals surface area contributed by atoms with Crippen molar-refractivity contribution in [3.8, 4) is 0 Å². The summed E-state index contributed by atoms with van der Waals surface area (Å²) in [5.41, 5.74) is 7.97. The number of nitro groups is 1. The lowest BCUT2D eigenvalue weighted by Gasteiger charge is -1.88. The minimum atomic E-state index is -0.739. The van der Waals surface area contributed by atoms with Crippen molar-refractivity contribution in [2.75, 3.05) is 0 Å². The predicted octanol–water partition coefficient (Wildman–Crippen LogP) is -1.91. The maximum absolute atomic E-state index is 9.91. The molecule has 0 aliphatic heterocycles. The zero-order chi connectivity index (χ0) is 9.68. The second kappa shape index (κ2) is 4.39. The molecule has 0 unspecified atom stereocenters. The average molecular weight is 186 g/mol. The highest BCUT2D eigenvalue weighted by atomic mass is 16.7. The third-order valence-electron chi connectivity index (χ3n) is 1.73. The van der Waals surface area contributed by atoms with Crippen LogP contribution in [-0.4, -0.2) is 16.7 Å². The molecule has 0 aromatic rings. The van der Waals surface area contributed by atoms with Gasteiger partial charge in [-0.15, -0.1) is 5.10 Å². The second-order valence-electron chi connectivity index (χ2n) is 2.78. The van der Waals surface area contributed by atoms with E-state index < -0.39 is 5.03 Å². The van der Waals surface area contributed by atoms with Gasteiger partial charge in [0.05, 0.1) is 5.71 Å². The van der Waals surface area contributed by atoms with Crippen molar-refractivity contribution in [3.63, 3.8) is 0 Å². The molecular weight excluding hydrogens is 174 g/mol. The minimum absolute atomic E-state index is 0.163. The first-order valence-electron chi connectivity index (χ1n) is 4.03. The molecular formula is C6H12N5O2+. The zero-order valence-electron chi connectivity index (χ0n) is 7.12. The van der Waals surface area contributed by atoms with Gasteiger partial charge in [0.2, 0.25) is 5.03 Å². The fourth-order valence-corrected chi connectivity index (χ4v) is 1.16. The lowest BCUT2D eigenvalue weighted by atomic mass is 10.3. The predicted molar refractivity (Wildman–Crippen MR) is 46.2 cm³/mol. The minimum Gasteiger partial charge on any atom is -0.284 e. The third kappa shape index (κ3) is 3.50. The Labute approximate surface area is 74.8 Å². The summed E-state index contributed by atoms with van der Waals surface area (Å²) in [6.07, 6.45) is 4.14. The van der Waals surface area contributed by atoms with E-state index in [4.69, 9.17) is 5.73 Å². The van der Waals surface area contributed by atoms with E-state index in [1.165, 1.54) is 0 Å². The Morgan fingerprint density at radius 2 is 2.23 bits per heavy atom. The van der Waals surface area contributed by atoms with Crippen LogP contribution in [0.25, 0.3) is 0 Å². The third-order valence-corrected chi connectivity index (χ3v) is 1.73. The van der Waals surface area contributed by atoms with Gasteiger partial charge in [-0.1, -0.05) is 0 Å². The molecule has 72 valence electrons. The van der Waals surface area contributed by atoms with Crippen LogP contribution in [-0.2, 0) is 0 Å². The Bertz CT molecular complexity index is 252. The highest BCUT2D eigenvalue weighted by Crippen LogP contribution is 2.12. The van der Waals surface area contributed by atoms with Crippen LogP contribution in [0.4, 0.5) is 0 Å². The molecule has 1 fully saturated rings. The lowest BCUT2D eigenvalue weighted by Crippen LogP contribution is -2.74. The summed E-state index contributed by atoms with van der Waals surface area (Å²) >= 11 is 0. The van der Waals surface area contributed by atoms with E-state index in [0.717, 1.165) is 31.4 Å². The van der Waals surface area contributed by atoms with Crippen molar-refractivity contribution in [1.29, 1.82) is 0 Å². The summed E-state index contributed by atoms with van der Waals surface area (Å²) in [6, 6.07) is 0. The molecule has 0 heterocycles. The van der Waals surface area contributed by atoms with Crippen molar-refractivity contribution >= 4 is 11.7 Å². The van der Waals surface area contributed by atoms with E-state index in [-0.39, 0.29) is 5.96 Å². The molecule has 0 saturated heterocycles. The van der Waals surface area contributed by atoms with E-state index in [1.54, 1.807) is 5.43 Å². The van der Waals surface area contributed by atoms with Crippen molar-refractivity contribution in [1.82, 2.24) is 5.43 Å². The largest absolute Gasteiger partial charge is 0.427 e. The molecule has 1 aliphatic rings. The first-order valence-corrected chi connectivity index (χ1v) is 4.03. The number of rotatable bonds is 2. The molecule has 0 atom stereocenters. The zero-order valence-corrected chi connectivity index (χ0v) is 7.12. The number of hydrogen-bond acceptors (Lipinski definition) is 3. The molecule has 1 saturated carbocycles. The highest BCUT2D eigenvalue weighted by Gasteiger charge is 2.09. The van der Waals surface area contributed by atoms with Crippen LogP contribution >= 0.6 is 0 Å². The molecule has 13 heavy (non-hydrogen) atoms. The number of nitrogens with two attached hydrogens (primary N) is 1. The van der Waals surface area contributed by atoms with Crippen LogP contribution in [0.2, 0.25) is 0 Å². The summed E-state index contributed by atoms with van der Waals surface area (Å²) in [6.45, 7) is 0. The number of nitrogens with zero attached hydrogens (tertiary/aromatic N) is 2. The highest BCUT2D eigenvalue weighted by molar-refractivity contribution is 5.85.